The van der Waals surface area contributed by atoms with Crippen molar-refractivity contribution < 1.29 is 4.39 Å². The summed E-state index contributed by atoms with van der Waals surface area (Å²) in [5.74, 6) is 0.151. The maximum absolute atomic E-state index is 14.3. The maximum atomic E-state index is 14.3. The van der Waals surface area contributed by atoms with Crippen LogP contribution >= 0.6 is 0 Å². The Bertz CT molecular complexity index is 1330. The molecule has 0 aliphatic carbocycles. The lowest BCUT2D eigenvalue weighted by atomic mass is 9.89. The first kappa shape index (κ1) is 19.4. The van der Waals surface area contributed by atoms with Gasteiger partial charge in [0.05, 0.1) is 17.1 Å². The molecule has 2 aromatic heterocycles. The van der Waals surface area contributed by atoms with Crippen molar-refractivity contribution in [2.24, 2.45) is 0 Å². The zero-order chi connectivity index (χ0) is 21.7. The largest absolute Gasteiger partial charge is 0.375 e. The highest BCUT2D eigenvalue weighted by molar-refractivity contribution is 5.97. The first-order chi connectivity index (χ1) is 14.9. The molecular formula is C22H22FN7O. The van der Waals surface area contributed by atoms with E-state index in [4.69, 9.17) is 0 Å². The predicted molar refractivity (Wildman–Crippen MR) is 115 cm³/mol. The number of nitrogens with one attached hydrogen (secondary N) is 2. The maximum Gasteiger partial charge on any atom is 0.272 e. The van der Waals surface area contributed by atoms with Crippen LogP contribution in [-0.4, -0.2) is 44.0 Å². The van der Waals surface area contributed by atoms with Crippen LogP contribution in [0.25, 0.3) is 10.8 Å². The van der Waals surface area contributed by atoms with Gasteiger partial charge in [-0.3, -0.25) is 4.79 Å². The minimum absolute atomic E-state index is 0.258. The second kappa shape index (κ2) is 7.28. The summed E-state index contributed by atoms with van der Waals surface area (Å²) in [4.78, 5) is 18.7. The molecule has 0 saturated heterocycles. The van der Waals surface area contributed by atoms with Crippen LogP contribution in [-0.2, 0) is 6.54 Å². The van der Waals surface area contributed by atoms with Crippen LogP contribution in [0.15, 0.2) is 47.5 Å². The van der Waals surface area contributed by atoms with Gasteiger partial charge in [0.2, 0.25) is 0 Å². The Kier molecular flexibility index (Phi) is 4.55. The Morgan fingerprint density at radius 2 is 1.97 bits per heavy atom. The number of hydrogen-bond acceptors (Lipinski definition) is 6. The van der Waals surface area contributed by atoms with E-state index in [0.717, 1.165) is 12.1 Å². The second-order valence-corrected chi connectivity index (χ2v) is 8.13. The summed E-state index contributed by atoms with van der Waals surface area (Å²) in [6, 6.07) is 10.3. The van der Waals surface area contributed by atoms with E-state index in [9.17, 15) is 9.18 Å². The molecule has 0 spiro atoms. The van der Waals surface area contributed by atoms with Gasteiger partial charge in [-0.25, -0.2) is 19.2 Å². The van der Waals surface area contributed by atoms with Crippen LogP contribution in [0.2, 0.25) is 0 Å². The van der Waals surface area contributed by atoms with Crippen molar-refractivity contribution in [2.75, 3.05) is 19.4 Å². The van der Waals surface area contributed by atoms with Gasteiger partial charge in [0, 0.05) is 17.6 Å². The Balaban J connectivity index is 1.69. The smallest absolute Gasteiger partial charge is 0.272 e. The zero-order valence-corrected chi connectivity index (χ0v) is 17.4. The van der Waals surface area contributed by atoms with Crippen LogP contribution in [0.5, 0.6) is 0 Å². The highest BCUT2D eigenvalue weighted by Crippen LogP contribution is 2.43. The summed E-state index contributed by atoms with van der Waals surface area (Å²) < 4.78 is 16.0. The fraction of sp³-hybridized carbons (Fsp3) is 0.273. The molecule has 0 amide bonds. The van der Waals surface area contributed by atoms with E-state index in [-0.39, 0.29) is 17.5 Å². The van der Waals surface area contributed by atoms with Crippen molar-refractivity contribution >= 4 is 16.5 Å². The molecule has 0 bridgehead atoms. The lowest BCUT2D eigenvalue weighted by Crippen LogP contribution is -2.32. The molecule has 0 saturated carbocycles. The number of H-pyrrole nitrogens is 1. The fourth-order valence-electron chi connectivity index (χ4n) is 4.26. The molecule has 31 heavy (non-hydrogen) atoms. The van der Waals surface area contributed by atoms with Crippen molar-refractivity contribution in [3.63, 3.8) is 0 Å². The van der Waals surface area contributed by atoms with Gasteiger partial charge in [-0.15, -0.1) is 0 Å². The molecule has 0 unspecified atom stereocenters. The predicted octanol–water partition coefficient (Wildman–Crippen LogP) is 2.78. The number of rotatable bonds is 4. The summed E-state index contributed by atoms with van der Waals surface area (Å²) in [6.45, 7) is 2.65. The van der Waals surface area contributed by atoms with E-state index in [2.05, 4.69) is 54.8 Å². The normalized spacial score (nSPS) is 17.8. The van der Waals surface area contributed by atoms with Crippen LogP contribution in [0.1, 0.15) is 34.7 Å². The summed E-state index contributed by atoms with van der Waals surface area (Å²) in [5, 5.41) is 15.7. The highest BCUT2D eigenvalue weighted by atomic mass is 19.1. The topological polar surface area (TPSA) is 91.7 Å². The Morgan fingerprint density at radius 1 is 1.19 bits per heavy atom. The van der Waals surface area contributed by atoms with E-state index in [0.29, 0.717) is 22.6 Å². The highest BCUT2D eigenvalue weighted by Gasteiger charge is 2.36. The first-order valence-electron chi connectivity index (χ1n) is 10.0. The van der Waals surface area contributed by atoms with Gasteiger partial charge in [0.15, 0.2) is 0 Å². The lowest BCUT2D eigenvalue weighted by Gasteiger charge is -2.34. The van der Waals surface area contributed by atoms with Crippen LogP contribution in [0.4, 0.5) is 10.1 Å². The zero-order valence-electron chi connectivity index (χ0n) is 17.4. The third-order valence-electron chi connectivity index (χ3n) is 5.53. The Hall–Kier alpha value is -3.59. The number of anilines is 1. The minimum atomic E-state index is -0.479. The third-order valence-corrected chi connectivity index (χ3v) is 5.53. The molecule has 8 nitrogen and oxygen atoms in total. The number of aromatic nitrogens is 5. The van der Waals surface area contributed by atoms with Crippen LogP contribution < -0.4 is 10.9 Å². The van der Waals surface area contributed by atoms with Gasteiger partial charge in [0.25, 0.3) is 5.56 Å². The molecule has 0 radical (unpaired) electrons. The Morgan fingerprint density at radius 3 is 2.65 bits per heavy atom. The summed E-state index contributed by atoms with van der Waals surface area (Å²) >= 11 is 0. The average Bonchev–Trinajstić information content (AvgIpc) is 3.15. The average molecular weight is 419 g/mol. The molecule has 158 valence electrons. The van der Waals surface area contributed by atoms with Gasteiger partial charge in [0.1, 0.15) is 24.0 Å². The molecule has 2 aromatic carbocycles. The monoisotopic (exact) mass is 419 g/mol. The van der Waals surface area contributed by atoms with E-state index >= 15 is 0 Å². The van der Waals surface area contributed by atoms with Gasteiger partial charge >= 0.3 is 0 Å². The number of hydrogen-bond donors (Lipinski definition) is 2. The van der Waals surface area contributed by atoms with Crippen molar-refractivity contribution in [1.82, 2.24) is 29.9 Å². The molecule has 2 atom stereocenters. The second-order valence-electron chi connectivity index (χ2n) is 8.13. The molecule has 4 aromatic rings. The van der Waals surface area contributed by atoms with E-state index in [1.165, 1.54) is 17.7 Å². The molecule has 1 aliphatic heterocycles. The van der Waals surface area contributed by atoms with Crippen molar-refractivity contribution in [2.45, 2.75) is 25.6 Å². The molecule has 9 heteroatoms. The summed E-state index contributed by atoms with van der Waals surface area (Å²) in [5.41, 5.74) is 2.92. The molecule has 2 N–H and O–H groups in total. The van der Waals surface area contributed by atoms with Crippen molar-refractivity contribution in [3.8, 4) is 0 Å². The Labute approximate surface area is 177 Å². The van der Waals surface area contributed by atoms with Gasteiger partial charge in [-0.05, 0) is 44.3 Å². The van der Waals surface area contributed by atoms with Gasteiger partial charge in [-0.1, -0.05) is 24.3 Å². The summed E-state index contributed by atoms with van der Waals surface area (Å²) in [7, 11) is 4.05. The number of nitrogens with zero attached hydrogens (tertiary/aromatic N) is 5. The van der Waals surface area contributed by atoms with Crippen molar-refractivity contribution in [1.29, 1.82) is 0 Å². The fourth-order valence-corrected chi connectivity index (χ4v) is 4.26. The molecule has 0 fully saturated rings. The summed E-state index contributed by atoms with van der Waals surface area (Å²) in [6.07, 6.45) is 1.65. The van der Waals surface area contributed by atoms with E-state index in [1.54, 1.807) is 11.0 Å². The number of aryl methyl sites for hydroxylation is 1. The number of aromatic amines is 1. The van der Waals surface area contributed by atoms with Crippen LogP contribution in [0.3, 0.4) is 0 Å². The van der Waals surface area contributed by atoms with Gasteiger partial charge in [-0.2, -0.15) is 10.2 Å². The van der Waals surface area contributed by atoms with Gasteiger partial charge < -0.3 is 10.2 Å². The quantitative estimate of drug-likeness (QED) is 0.529. The standard InChI is InChI=1S/C22H22FN7O/c1-12-24-11-30(28-12)21-19(14-6-4-13(5-7-14)10-29(2)3)25-17-9-15(23)8-16-18(17)20(21)26-27-22(16)31/h4-9,11,19,21,25H,10H2,1-3H3,(H,27,31)/t19-,21+/m0/s1. The van der Waals surface area contributed by atoms with E-state index in [1.807, 2.05) is 21.0 Å². The lowest BCUT2D eigenvalue weighted by molar-refractivity contribution is 0.402. The number of halogens is 1. The molecule has 5 rings (SSSR count). The third kappa shape index (κ3) is 3.36. The van der Waals surface area contributed by atoms with Crippen molar-refractivity contribution in [3.05, 3.63) is 81.5 Å². The molecular weight excluding hydrogens is 397 g/mol. The molecule has 3 heterocycles. The first-order valence-corrected chi connectivity index (χ1v) is 10.0. The number of benzene rings is 2. The SMILES string of the molecule is Cc1ncn([C@H]2c3n[nH]c(=O)c4cc(F)cc(c34)N[C@H]2c2ccc(CN(C)C)cc2)n1. The minimum Gasteiger partial charge on any atom is -0.375 e. The van der Waals surface area contributed by atoms with Crippen LogP contribution in [0, 0.1) is 12.7 Å². The molecule has 1 aliphatic rings. The van der Waals surface area contributed by atoms with E-state index < -0.39 is 11.4 Å².